The van der Waals surface area contributed by atoms with Gasteiger partial charge in [-0.3, -0.25) is 4.79 Å². The molecular weight excluding hydrogens is 184 g/mol. The van der Waals surface area contributed by atoms with E-state index in [2.05, 4.69) is 11.3 Å². The molecule has 0 aromatic carbocycles. The molecule has 0 bridgehead atoms. The van der Waals surface area contributed by atoms with E-state index in [9.17, 15) is 9.59 Å². The maximum Gasteiger partial charge on any atom is 0.349 e. The molecule has 0 amide bonds. The molecule has 0 unspecified atom stereocenters. The fraction of sp³-hybridized carbons (Fsp3) is 0.600. The molecular formula is C10H16O4. The van der Waals surface area contributed by atoms with Gasteiger partial charge in [0.05, 0.1) is 7.11 Å². The summed E-state index contributed by atoms with van der Waals surface area (Å²) in [6, 6.07) is 0. The van der Waals surface area contributed by atoms with Crippen LogP contribution in [-0.4, -0.2) is 24.6 Å². The first kappa shape index (κ1) is 12.7. The first-order chi connectivity index (χ1) is 6.44. The van der Waals surface area contributed by atoms with E-state index in [0.29, 0.717) is 6.42 Å². The van der Waals surface area contributed by atoms with E-state index in [4.69, 9.17) is 4.74 Å². The largest absolute Gasteiger partial charge is 0.466 e. The van der Waals surface area contributed by atoms with Crippen LogP contribution in [0.3, 0.4) is 0 Å². The van der Waals surface area contributed by atoms with E-state index >= 15 is 0 Å². The summed E-state index contributed by atoms with van der Waals surface area (Å²) in [6.45, 7) is 6.46. The van der Waals surface area contributed by atoms with E-state index in [1.54, 1.807) is 6.08 Å². The summed E-state index contributed by atoms with van der Waals surface area (Å²) in [7, 11) is 1.25. The van der Waals surface area contributed by atoms with Gasteiger partial charge in [-0.05, 0) is 20.3 Å². The first-order valence-corrected chi connectivity index (χ1v) is 4.35. The standard InChI is InChI=1S/C10H16O4/c1-5-6-7-8(11)14-10(2,3)9(12)13-4/h5H,1,6-7H2,2-4H3. The molecule has 0 aliphatic carbocycles. The third kappa shape index (κ3) is 4.07. The Balaban J connectivity index is 4.14. The Morgan fingerprint density at radius 3 is 2.43 bits per heavy atom. The minimum atomic E-state index is -1.22. The van der Waals surface area contributed by atoms with Crippen molar-refractivity contribution >= 4 is 11.9 Å². The molecule has 0 aliphatic heterocycles. The van der Waals surface area contributed by atoms with Crippen LogP contribution in [0.4, 0.5) is 0 Å². The Kier molecular flexibility index (Phi) is 4.91. The van der Waals surface area contributed by atoms with Crippen molar-refractivity contribution in [1.29, 1.82) is 0 Å². The lowest BCUT2D eigenvalue weighted by atomic mass is 10.1. The summed E-state index contributed by atoms with van der Waals surface area (Å²) in [4.78, 5) is 22.3. The summed E-state index contributed by atoms with van der Waals surface area (Å²) in [5.74, 6) is -0.996. The van der Waals surface area contributed by atoms with Crippen molar-refractivity contribution in [3.8, 4) is 0 Å². The van der Waals surface area contributed by atoms with Gasteiger partial charge in [-0.2, -0.15) is 0 Å². The van der Waals surface area contributed by atoms with Crippen molar-refractivity contribution in [2.45, 2.75) is 32.3 Å². The van der Waals surface area contributed by atoms with Crippen molar-refractivity contribution in [3.05, 3.63) is 12.7 Å². The molecule has 0 N–H and O–H groups in total. The molecule has 0 aromatic heterocycles. The van der Waals surface area contributed by atoms with Crippen LogP contribution in [0.25, 0.3) is 0 Å². The van der Waals surface area contributed by atoms with Crippen LogP contribution in [-0.2, 0) is 19.1 Å². The van der Waals surface area contributed by atoms with E-state index in [0.717, 1.165) is 0 Å². The van der Waals surface area contributed by atoms with Crippen molar-refractivity contribution < 1.29 is 19.1 Å². The summed E-state index contributed by atoms with van der Waals surface area (Å²) in [6.07, 6.45) is 2.38. The summed E-state index contributed by atoms with van der Waals surface area (Å²) in [5.41, 5.74) is -1.22. The van der Waals surface area contributed by atoms with Crippen LogP contribution in [0.15, 0.2) is 12.7 Å². The second kappa shape index (κ2) is 5.42. The number of hydrogen-bond donors (Lipinski definition) is 0. The fourth-order valence-corrected chi connectivity index (χ4v) is 0.843. The lowest BCUT2D eigenvalue weighted by molar-refractivity contribution is -0.176. The fourth-order valence-electron chi connectivity index (χ4n) is 0.843. The van der Waals surface area contributed by atoms with Crippen molar-refractivity contribution in [2.24, 2.45) is 0 Å². The molecule has 0 spiro atoms. The van der Waals surface area contributed by atoms with Gasteiger partial charge < -0.3 is 9.47 Å². The lowest BCUT2D eigenvalue weighted by Gasteiger charge is -2.21. The van der Waals surface area contributed by atoms with Gasteiger partial charge in [0, 0.05) is 6.42 Å². The zero-order valence-electron chi connectivity index (χ0n) is 8.83. The first-order valence-electron chi connectivity index (χ1n) is 4.35. The molecule has 0 rings (SSSR count). The number of rotatable bonds is 5. The van der Waals surface area contributed by atoms with E-state index in [1.807, 2.05) is 0 Å². The average Bonchev–Trinajstić information content (AvgIpc) is 2.12. The minimum absolute atomic E-state index is 0.226. The monoisotopic (exact) mass is 200 g/mol. The highest BCUT2D eigenvalue weighted by Gasteiger charge is 2.32. The number of methoxy groups -OCH3 is 1. The highest BCUT2D eigenvalue weighted by Crippen LogP contribution is 2.12. The Hall–Kier alpha value is -1.32. The van der Waals surface area contributed by atoms with E-state index in [-0.39, 0.29) is 6.42 Å². The quantitative estimate of drug-likeness (QED) is 0.498. The van der Waals surface area contributed by atoms with Gasteiger partial charge in [0.1, 0.15) is 0 Å². The van der Waals surface area contributed by atoms with Crippen LogP contribution in [0.2, 0.25) is 0 Å². The Morgan fingerprint density at radius 1 is 1.43 bits per heavy atom. The molecule has 0 aliphatic rings. The highest BCUT2D eigenvalue weighted by atomic mass is 16.6. The van der Waals surface area contributed by atoms with Gasteiger partial charge in [-0.1, -0.05) is 6.08 Å². The molecule has 0 heterocycles. The third-order valence-electron chi connectivity index (χ3n) is 1.60. The number of esters is 2. The summed E-state index contributed by atoms with van der Waals surface area (Å²) >= 11 is 0. The predicted octanol–water partition coefficient (Wildman–Crippen LogP) is 1.45. The number of carbonyl (C=O) groups is 2. The number of ether oxygens (including phenoxy) is 2. The van der Waals surface area contributed by atoms with Gasteiger partial charge in [0.25, 0.3) is 0 Å². The normalized spacial score (nSPS) is 10.5. The summed E-state index contributed by atoms with van der Waals surface area (Å²) < 4.78 is 9.42. The maximum absolute atomic E-state index is 11.2. The molecule has 0 fully saturated rings. The molecule has 0 atom stereocenters. The molecule has 4 heteroatoms. The topological polar surface area (TPSA) is 52.6 Å². The van der Waals surface area contributed by atoms with Crippen LogP contribution in [0, 0.1) is 0 Å². The SMILES string of the molecule is C=CCCC(=O)OC(C)(C)C(=O)OC. The highest BCUT2D eigenvalue weighted by molar-refractivity contribution is 5.82. The van der Waals surface area contributed by atoms with Crippen molar-refractivity contribution in [2.75, 3.05) is 7.11 Å². The smallest absolute Gasteiger partial charge is 0.349 e. The molecule has 0 saturated heterocycles. The third-order valence-corrected chi connectivity index (χ3v) is 1.60. The predicted molar refractivity (Wildman–Crippen MR) is 51.6 cm³/mol. The minimum Gasteiger partial charge on any atom is -0.466 e. The molecule has 0 saturated carbocycles. The maximum atomic E-state index is 11.2. The average molecular weight is 200 g/mol. The van der Waals surface area contributed by atoms with Gasteiger partial charge in [0.15, 0.2) is 0 Å². The van der Waals surface area contributed by atoms with E-state index < -0.39 is 17.5 Å². The van der Waals surface area contributed by atoms with Gasteiger partial charge >= 0.3 is 11.9 Å². The molecule has 0 aromatic rings. The number of hydrogen-bond acceptors (Lipinski definition) is 4. The van der Waals surface area contributed by atoms with Crippen LogP contribution >= 0.6 is 0 Å². The van der Waals surface area contributed by atoms with Crippen LogP contribution in [0.1, 0.15) is 26.7 Å². The van der Waals surface area contributed by atoms with Crippen LogP contribution < -0.4 is 0 Å². The zero-order chi connectivity index (χ0) is 11.2. The Morgan fingerprint density at radius 2 is 2.00 bits per heavy atom. The second-order valence-corrected chi connectivity index (χ2v) is 3.30. The van der Waals surface area contributed by atoms with Crippen molar-refractivity contribution in [3.63, 3.8) is 0 Å². The molecule has 0 radical (unpaired) electrons. The number of carbonyl (C=O) groups excluding carboxylic acids is 2. The molecule has 14 heavy (non-hydrogen) atoms. The lowest BCUT2D eigenvalue weighted by Crippen LogP contribution is -2.38. The Bertz CT molecular complexity index is 230. The van der Waals surface area contributed by atoms with E-state index in [1.165, 1.54) is 21.0 Å². The molecule has 4 nitrogen and oxygen atoms in total. The summed E-state index contributed by atoms with van der Waals surface area (Å²) in [5, 5.41) is 0. The van der Waals surface area contributed by atoms with Crippen molar-refractivity contribution in [1.82, 2.24) is 0 Å². The zero-order valence-corrected chi connectivity index (χ0v) is 8.83. The Labute approximate surface area is 83.9 Å². The second-order valence-electron chi connectivity index (χ2n) is 3.30. The van der Waals surface area contributed by atoms with Gasteiger partial charge in [-0.15, -0.1) is 6.58 Å². The molecule has 80 valence electrons. The number of allylic oxidation sites excluding steroid dienone is 1. The van der Waals surface area contributed by atoms with Crippen LogP contribution in [0.5, 0.6) is 0 Å². The van der Waals surface area contributed by atoms with Gasteiger partial charge in [-0.25, -0.2) is 4.79 Å². The van der Waals surface area contributed by atoms with Gasteiger partial charge in [0.2, 0.25) is 5.60 Å².